The summed E-state index contributed by atoms with van der Waals surface area (Å²) < 4.78 is 5.77. The first-order valence-corrected chi connectivity index (χ1v) is 8.90. The van der Waals surface area contributed by atoms with E-state index in [0.717, 1.165) is 31.9 Å². The molecular formula is C17H27N5O3. The standard InChI is InChI=1S/C17H27N5O3/c1-14-2-3-18-17(19-14)15-12-22(9-11-25-15)16(24)13-21-6-4-20(5-7-21)8-10-23/h2-3,15,23H,4-13H2,1H3/t15-/m1/s1. The predicted octanol–water partition coefficient (Wildman–Crippen LogP) is -0.705. The Balaban J connectivity index is 1.50. The highest BCUT2D eigenvalue weighted by Crippen LogP contribution is 2.19. The third-order valence-corrected chi connectivity index (χ3v) is 4.76. The number of aliphatic hydroxyl groups excluding tert-OH is 1. The Labute approximate surface area is 148 Å². The monoisotopic (exact) mass is 349 g/mol. The van der Waals surface area contributed by atoms with Crippen LogP contribution in [0.3, 0.4) is 0 Å². The van der Waals surface area contributed by atoms with Crippen molar-refractivity contribution in [3.05, 3.63) is 23.8 Å². The van der Waals surface area contributed by atoms with Crippen molar-refractivity contribution in [1.29, 1.82) is 0 Å². The van der Waals surface area contributed by atoms with E-state index in [1.807, 2.05) is 17.9 Å². The molecule has 1 amide bonds. The summed E-state index contributed by atoms with van der Waals surface area (Å²) in [5.74, 6) is 0.784. The summed E-state index contributed by atoms with van der Waals surface area (Å²) in [6.45, 7) is 8.42. The van der Waals surface area contributed by atoms with Crippen LogP contribution in [0.25, 0.3) is 0 Å². The number of carbonyl (C=O) groups is 1. The zero-order chi connectivity index (χ0) is 17.6. The van der Waals surface area contributed by atoms with Gasteiger partial charge in [0.05, 0.1) is 26.3 Å². The number of rotatable bonds is 5. The maximum atomic E-state index is 12.7. The molecule has 138 valence electrons. The molecule has 1 N–H and O–H groups in total. The third-order valence-electron chi connectivity index (χ3n) is 4.76. The molecule has 0 unspecified atom stereocenters. The van der Waals surface area contributed by atoms with Gasteiger partial charge in [0, 0.05) is 51.2 Å². The minimum absolute atomic E-state index is 0.136. The van der Waals surface area contributed by atoms with E-state index in [-0.39, 0.29) is 18.6 Å². The molecule has 2 aliphatic heterocycles. The molecule has 2 aliphatic rings. The molecule has 0 aliphatic carbocycles. The van der Waals surface area contributed by atoms with Gasteiger partial charge in [0.25, 0.3) is 0 Å². The number of piperazine rings is 1. The SMILES string of the molecule is Cc1ccnc([C@H]2CN(C(=O)CN3CCN(CCO)CC3)CCO2)n1. The lowest BCUT2D eigenvalue weighted by molar-refractivity contribution is -0.141. The lowest BCUT2D eigenvalue weighted by Gasteiger charge is -2.37. The molecule has 3 heterocycles. The summed E-state index contributed by atoms with van der Waals surface area (Å²) in [7, 11) is 0. The van der Waals surface area contributed by atoms with Gasteiger partial charge in [-0.1, -0.05) is 0 Å². The van der Waals surface area contributed by atoms with Crippen molar-refractivity contribution in [3.8, 4) is 0 Å². The average Bonchev–Trinajstić information content (AvgIpc) is 2.64. The minimum atomic E-state index is -0.251. The van der Waals surface area contributed by atoms with Gasteiger partial charge in [-0.2, -0.15) is 0 Å². The van der Waals surface area contributed by atoms with Gasteiger partial charge in [0.2, 0.25) is 5.91 Å². The fourth-order valence-corrected chi connectivity index (χ4v) is 3.26. The van der Waals surface area contributed by atoms with Crippen LogP contribution in [0, 0.1) is 6.92 Å². The first kappa shape index (κ1) is 18.2. The number of amides is 1. The summed E-state index contributed by atoms with van der Waals surface area (Å²) in [4.78, 5) is 27.6. The zero-order valence-electron chi connectivity index (χ0n) is 14.8. The second kappa shape index (κ2) is 8.66. The van der Waals surface area contributed by atoms with Crippen LogP contribution < -0.4 is 0 Å². The predicted molar refractivity (Wildman–Crippen MR) is 92.0 cm³/mol. The second-order valence-electron chi connectivity index (χ2n) is 6.60. The molecule has 2 saturated heterocycles. The number of β-amino-alcohol motifs (C(OH)–C–C–N with tert-alkyl or cyclic N) is 1. The van der Waals surface area contributed by atoms with E-state index >= 15 is 0 Å². The summed E-state index contributed by atoms with van der Waals surface area (Å²) in [6.07, 6.45) is 1.48. The minimum Gasteiger partial charge on any atom is -0.395 e. The molecule has 0 aromatic carbocycles. The molecular weight excluding hydrogens is 322 g/mol. The van der Waals surface area contributed by atoms with E-state index in [1.54, 1.807) is 6.20 Å². The van der Waals surface area contributed by atoms with Gasteiger partial charge in [-0.3, -0.25) is 14.6 Å². The van der Waals surface area contributed by atoms with Crippen molar-refractivity contribution in [3.63, 3.8) is 0 Å². The van der Waals surface area contributed by atoms with Crippen molar-refractivity contribution < 1.29 is 14.6 Å². The smallest absolute Gasteiger partial charge is 0.236 e. The largest absolute Gasteiger partial charge is 0.395 e. The van der Waals surface area contributed by atoms with Gasteiger partial charge in [-0.05, 0) is 13.0 Å². The Morgan fingerprint density at radius 3 is 2.76 bits per heavy atom. The van der Waals surface area contributed by atoms with Crippen LogP contribution in [0.5, 0.6) is 0 Å². The van der Waals surface area contributed by atoms with Crippen LogP contribution in [-0.2, 0) is 9.53 Å². The van der Waals surface area contributed by atoms with Crippen molar-refractivity contribution in [2.24, 2.45) is 0 Å². The molecule has 0 radical (unpaired) electrons. The van der Waals surface area contributed by atoms with E-state index in [0.29, 0.717) is 38.6 Å². The fourth-order valence-electron chi connectivity index (χ4n) is 3.26. The van der Waals surface area contributed by atoms with Gasteiger partial charge >= 0.3 is 0 Å². The first-order chi connectivity index (χ1) is 12.2. The number of carbonyl (C=O) groups excluding carboxylic acids is 1. The van der Waals surface area contributed by atoms with E-state index in [1.165, 1.54) is 0 Å². The van der Waals surface area contributed by atoms with Crippen molar-refractivity contribution in [1.82, 2.24) is 24.7 Å². The second-order valence-corrected chi connectivity index (χ2v) is 6.60. The lowest BCUT2D eigenvalue weighted by Crippen LogP contribution is -2.52. The molecule has 0 spiro atoms. The average molecular weight is 349 g/mol. The number of aromatic nitrogens is 2. The summed E-state index contributed by atoms with van der Waals surface area (Å²) >= 11 is 0. The maximum absolute atomic E-state index is 12.7. The van der Waals surface area contributed by atoms with Crippen LogP contribution in [0.4, 0.5) is 0 Å². The fraction of sp³-hybridized carbons (Fsp3) is 0.706. The normalized spacial score (nSPS) is 23.0. The highest BCUT2D eigenvalue weighted by molar-refractivity contribution is 5.78. The van der Waals surface area contributed by atoms with E-state index in [9.17, 15) is 4.79 Å². The summed E-state index contributed by atoms with van der Waals surface area (Å²) in [5.41, 5.74) is 0.901. The number of aryl methyl sites for hydroxylation is 1. The first-order valence-electron chi connectivity index (χ1n) is 8.90. The van der Waals surface area contributed by atoms with Gasteiger partial charge in [-0.15, -0.1) is 0 Å². The van der Waals surface area contributed by atoms with E-state index in [4.69, 9.17) is 9.84 Å². The van der Waals surface area contributed by atoms with Gasteiger partial charge in [0.15, 0.2) is 5.82 Å². The van der Waals surface area contributed by atoms with Crippen molar-refractivity contribution >= 4 is 5.91 Å². The number of nitrogens with zero attached hydrogens (tertiary/aromatic N) is 5. The molecule has 8 heteroatoms. The van der Waals surface area contributed by atoms with Crippen LogP contribution >= 0.6 is 0 Å². The van der Waals surface area contributed by atoms with Gasteiger partial charge < -0.3 is 14.7 Å². The molecule has 1 aromatic rings. The van der Waals surface area contributed by atoms with E-state index < -0.39 is 0 Å². The lowest BCUT2D eigenvalue weighted by atomic mass is 10.2. The Kier molecular flexibility index (Phi) is 6.30. The van der Waals surface area contributed by atoms with Crippen LogP contribution in [0.15, 0.2) is 12.3 Å². The maximum Gasteiger partial charge on any atom is 0.236 e. The zero-order valence-corrected chi connectivity index (χ0v) is 14.8. The highest BCUT2D eigenvalue weighted by Gasteiger charge is 2.28. The molecule has 8 nitrogen and oxygen atoms in total. The van der Waals surface area contributed by atoms with Crippen molar-refractivity contribution in [2.75, 3.05) is 65.6 Å². The topological polar surface area (TPSA) is 82.0 Å². The summed E-state index contributed by atoms with van der Waals surface area (Å²) in [6, 6.07) is 1.85. The van der Waals surface area contributed by atoms with Crippen LogP contribution in [0.1, 0.15) is 17.6 Å². The Morgan fingerprint density at radius 2 is 2.04 bits per heavy atom. The molecule has 1 atom stereocenters. The van der Waals surface area contributed by atoms with Crippen LogP contribution in [-0.4, -0.2) is 101 Å². The van der Waals surface area contributed by atoms with Crippen molar-refractivity contribution in [2.45, 2.75) is 13.0 Å². The molecule has 0 saturated carbocycles. The van der Waals surface area contributed by atoms with Gasteiger partial charge in [-0.25, -0.2) is 9.97 Å². The molecule has 3 rings (SSSR count). The van der Waals surface area contributed by atoms with Crippen LogP contribution in [0.2, 0.25) is 0 Å². The molecule has 25 heavy (non-hydrogen) atoms. The Bertz CT molecular complexity index is 577. The molecule has 0 bridgehead atoms. The molecule has 2 fully saturated rings. The Morgan fingerprint density at radius 1 is 1.28 bits per heavy atom. The molecule has 1 aromatic heterocycles. The number of hydrogen-bond donors (Lipinski definition) is 1. The Hall–Kier alpha value is -1.61. The highest BCUT2D eigenvalue weighted by atomic mass is 16.5. The third kappa shape index (κ3) is 4.94. The number of aliphatic hydroxyl groups is 1. The quantitative estimate of drug-likeness (QED) is 0.752. The summed E-state index contributed by atoms with van der Waals surface area (Å²) in [5, 5.41) is 9.00. The number of morpholine rings is 1. The van der Waals surface area contributed by atoms with Gasteiger partial charge in [0.1, 0.15) is 6.10 Å². The number of hydrogen-bond acceptors (Lipinski definition) is 7. The van der Waals surface area contributed by atoms with E-state index in [2.05, 4.69) is 19.8 Å². The number of ether oxygens (including phenoxy) is 1.